The summed E-state index contributed by atoms with van der Waals surface area (Å²) in [6.07, 6.45) is 4.67. The molecule has 1 aromatic heterocycles. The van der Waals surface area contributed by atoms with Crippen molar-refractivity contribution in [2.24, 2.45) is 0 Å². The van der Waals surface area contributed by atoms with Crippen LogP contribution in [0, 0.1) is 0 Å². The molecule has 1 heterocycles. The van der Waals surface area contributed by atoms with Gasteiger partial charge in [-0.1, -0.05) is 84.9 Å². The van der Waals surface area contributed by atoms with E-state index in [-0.39, 0.29) is 36.0 Å². The first kappa shape index (κ1) is 29.3. The molecule has 3 aromatic carbocycles. The number of unbranched alkanes of at least 4 members (excludes halogenated alkanes) is 4. The molecule has 4 rings (SSSR count). The Morgan fingerprint density at radius 2 is 1.35 bits per heavy atom. The van der Waals surface area contributed by atoms with Gasteiger partial charge in [0.1, 0.15) is 5.69 Å². The zero-order chi connectivity index (χ0) is 25.3. The SMILES string of the molecule is O=C(O)CCCCCCCOc1nc(-c2ccc(Cl)cc2)c(-c2ccc(Cl)cc2)n1-c1ccccc1.[NaH]. The van der Waals surface area contributed by atoms with Gasteiger partial charge >= 0.3 is 41.5 Å². The molecule has 1 N–H and O–H groups in total. The number of para-hydroxylation sites is 1. The molecule has 0 bridgehead atoms. The van der Waals surface area contributed by atoms with Crippen LogP contribution in [0.4, 0.5) is 0 Å². The number of hydrogen-bond donors (Lipinski definition) is 1. The van der Waals surface area contributed by atoms with E-state index in [1.807, 2.05) is 83.4 Å². The molecule has 0 spiro atoms. The average Bonchev–Trinajstić information content (AvgIpc) is 3.26. The van der Waals surface area contributed by atoms with Crippen molar-refractivity contribution in [2.45, 2.75) is 38.5 Å². The number of halogens is 2. The molecule has 0 saturated heterocycles. The van der Waals surface area contributed by atoms with Crippen molar-refractivity contribution >= 4 is 58.7 Å². The molecule has 0 aliphatic heterocycles. The Kier molecular flexibility index (Phi) is 11.6. The van der Waals surface area contributed by atoms with Crippen LogP contribution in [0.25, 0.3) is 28.2 Å². The summed E-state index contributed by atoms with van der Waals surface area (Å²) < 4.78 is 8.30. The molecule has 0 radical (unpaired) electrons. The Balaban J connectivity index is 0.00000380. The van der Waals surface area contributed by atoms with E-state index in [2.05, 4.69) is 0 Å². The molecule has 0 amide bonds. The quantitative estimate of drug-likeness (QED) is 0.146. The summed E-state index contributed by atoms with van der Waals surface area (Å²) in [5.41, 5.74) is 4.54. The molecule has 0 saturated carbocycles. The summed E-state index contributed by atoms with van der Waals surface area (Å²) in [4.78, 5) is 15.6. The predicted molar refractivity (Wildman–Crippen MR) is 152 cm³/mol. The van der Waals surface area contributed by atoms with E-state index in [0.717, 1.165) is 53.9 Å². The molecular weight excluding hydrogens is 518 g/mol. The third kappa shape index (κ3) is 8.10. The number of carboxylic acids is 1. The van der Waals surface area contributed by atoms with Crippen LogP contribution >= 0.6 is 23.2 Å². The number of imidazole rings is 1. The van der Waals surface area contributed by atoms with E-state index in [1.165, 1.54) is 0 Å². The maximum absolute atomic E-state index is 10.7. The summed E-state index contributed by atoms with van der Waals surface area (Å²) in [5, 5.41) is 10.1. The number of carboxylic acid groups (broad SMARTS) is 1. The summed E-state index contributed by atoms with van der Waals surface area (Å²) in [7, 11) is 0. The first-order chi connectivity index (χ1) is 17.5. The second-order valence-electron chi connectivity index (χ2n) is 8.54. The van der Waals surface area contributed by atoms with Crippen molar-refractivity contribution in [2.75, 3.05) is 6.61 Å². The van der Waals surface area contributed by atoms with Gasteiger partial charge in [0, 0.05) is 27.6 Å². The Hall–Kier alpha value is -2.28. The van der Waals surface area contributed by atoms with E-state index in [1.54, 1.807) is 0 Å². The van der Waals surface area contributed by atoms with Gasteiger partial charge in [-0.25, -0.2) is 0 Å². The Morgan fingerprint density at radius 1 is 0.784 bits per heavy atom. The normalized spacial score (nSPS) is 10.6. The van der Waals surface area contributed by atoms with Gasteiger partial charge in [-0.3, -0.25) is 9.36 Å². The number of benzene rings is 3. The molecule has 4 aromatic rings. The molecular formula is C29H29Cl2N2NaO3. The zero-order valence-corrected chi connectivity index (χ0v) is 21.4. The number of carbonyl (C=O) groups is 1. The van der Waals surface area contributed by atoms with Gasteiger partial charge < -0.3 is 9.84 Å². The van der Waals surface area contributed by atoms with Gasteiger partial charge in [0.25, 0.3) is 0 Å². The van der Waals surface area contributed by atoms with Gasteiger partial charge in [-0.15, -0.1) is 0 Å². The number of rotatable bonds is 12. The van der Waals surface area contributed by atoms with Crippen molar-refractivity contribution in [3.05, 3.63) is 88.9 Å². The van der Waals surface area contributed by atoms with Crippen LogP contribution in [0.15, 0.2) is 78.9 Å². The fourth-order valence-corrected chi connectivity index (χ4v) is 4.32. The zero-order valence-electron chi connectivity index (χ0n) is 19.9. The second-order valence-corrected chi connectivity index (χ2v) is 9.41. The molecule has 0 atom stereocenters. The molecule has 0 aliphatic rings. The Bertz CT molecular complexity index is 1280. The standard InChI is InChI=1S/C29H28Cl2N2O3.Na.H/c30-23-16-12-21(13-17-23)27-28(22-14-18-24(31)19-15-22)33(25-9-5-4-6-10-25)29(32-27)36-20-8-3-1-2-7-11-26(34)35;;/h4-6,9-10,12-19H,1-3,7-8,11,20H2,(H,34,35);;. The van der Waals surface area contributed by atoms with Gasteiger partial charge in [-0.05, 0) is 49.2 Å². The molecule has 0 aliphatic carbocycles. The first-order valence-electron chi connectivity index (χ1n) is 12.1. The maximum atomic E-state index is 10.7. The van der Waals surface area contributed by atoms with Crippen LogP contribution in [0.1, 0.15) is 38.5 Å². The third-order valence-corrected chi connectivity index (χ3v) is 6.37. The fourth-order valence-electron chi connectivity index (χ4n) is 4.07. The van der Waals surface area contributed by atoms with E-state index in [0.29, 0.717) is 29.1 Å². The number of aliphatic carboxylic acids is 1. The summed E-state index contributed by atoms with van der Waals surface area (Å²) in [6.45, 7) is 0.517. The van der Waals surface area contributed by atoms with E-state index >= 15 is 0 Å². The average molecular weight is 547 g/mol. The number of ether oxygens (including phenoxy) is 1. The topological polar surface area (TPSA) is 64.3 Å². The van der Waals surface area contributed by atoms with Crippen molar-refractivity contribution in [3.8, 4) is 34.2 Å². The minimum atomic E-state index is -0.737. The van der Waals surface area contributed by atoms with Gasteiger partial charge in [0.15, 0.2) is 0 Å². The summed E-state index contributed by atoms with van der Waals surface area (Å²) in [5.74, 6) is -0.737. The van der Waals surface area contributed by atoms with E-state index < -0.39 is 5.97 Å². The van der Waals surface area contributed by atoms with Crippen molar-refractivity contribution in [1.29, 1.82) is 0 Å². The van der Waals surface area contributed by atoms with Crippen molar-refractivity contribution in [1.82, 2.24) is 9.55 Å². The van der Waals surface area contributed by atoms with Crippen LogP contribution in [-0.2, 0) is 4.79 Å². The van der Waals surface area contributed by atoms with Gasteiger partial charge in [0.2, 0.25) is 0 Å². The number of nitrogens with zero attached hydrogens (tertiary/aromatic N) is 2. The van der Waals surface area contributed by atoms with E-state index in [4.69, 9.17) is 38.0 Å². The molecule has 188 valence electrons. The van der Waals surface area contributed by atoms with Crippen LogP contribution in [0.3, 0.4) is 0 Å². The minimum absolute atomic E-state index is 0. The van der Waals surface area contributed by atoms with Crippen LogP contribution < -0.4 is 4.74 Å². The fraction of sp³-hybridized carbons (Fsp3) is 0.241. The second kappa shape index (κ2) is 14.6. The van der Waals surface area contributed by atoms with Crippen LogP contribution in [0.2, 0.25) is 10.0 Å². The van der Waals surface area contributed by atoms with Crippen LogP contribution in [-0.4, -0.2) is 56.8 Å². The Labute approximate surface area is 249 Å². The van der Waals surface area contributed by atoms with Gasteiger partial charge in [0.05, 0.1) is 18.0 Å². The number of hydrogen-bond acceptors (Lipinski definition) is 3. The molecule has 8 heteroatoms. The monoisotopic (exact) mass is 546 g/mol. The molecule has 0 fully saturated rings. The van der Waals surface area contributed by atoms with Crippen molar-refractivity contribution in [3.63, 3.8) is 0 Å². The summed E-state index contributed by atoms with van der Waals surface area (Å²) >= 11 is 12.3. The molecule has 0 unspecified atom stereocenters. The van der Waals surface area contributed by atoms with Crippen LogP contribution in [0.5, 0.6) is 6.01 Å². The van der Waals surface area contributed by atoms with Crippen molar-refractivity contribution < 1.29 is 14.6 Å². The van der Waals surface area contributed by atoms with Gasteiger partial charge in [-0.2, -0.15) is 4.98 Å². The molecule has 5 nitrogen and oxygen atoms in total. The summed E-state index contributed by atoms with van der Waals surface area (Å²) in [6, 6.07) is 25.9. The van der Waals surface area contributed by atoms with E-state index in [9.17, 15) is 4.79 Å². The third-order valence-electron chi connectivity index (χ3n) is 5.86. The predicted octanol–water partition coefficient (Wildman–Crippen LogP) is 7.67. The Morgan fingerprint density at radius 3 is 1.97 bits per heavy atom. The number of aromatic nitrogens is 2. The molecule has 37 heavy (non-hydrogen) atoms. The first-order valence-corrected chi connectivity index (χ1v) is 12.8.